The Bertz CT molecular complexity index is 925. The van der Waals surface area contributed by atoms with Gasteiger partial charge in [-0.15, -0.1) is 0 Å². The van der Waals surface area contributed by atoms with E-state index >= 15 is 0 Å². The summed E-state index contributed by atoms with van der Waals surface area (Å²) in [5, 5.41) is 14.9. The van der Waals surface area contributed by atoms with Crippen LogP contribution < -0.4 is 14.9 Å². The second-order valence-corrected chi connectivity index (χ2v) is 5.47. The first kappa shape index (κ1) is 18.1. The molecule has 2 heterocycles. The van der Waals surface area contributed by atoms with E-state index in [4.69, 9.17) is 9.47 Å². The predicted molar refractivity (Wildman–Crippen MR) is 97.4 cm³/mol. The highest BCUT2D eigenvalue weighted by Gasteiger charge is 2.23. The van der Waals surface area contributed by atoms with Gasteiger partial charge in [-0.05, 0) is 36.8 Å². The van der Waals surface area contributed by atoms with Crippen molar-refractivity contribution in [3.8, 4) is 11.5 Å². The lowest BCUT2D eigenvalue weighted by atomic mass is 10.1. The molecule has 1 N–H and O–H groups in total. The number of nitrogens with one attached hydrogen (secondary N) is 1. The number of hydrazone groups is 1. The van der Waals surface area contributed by atoms with Crippen molar-refractivity contribution >= 4 is 18.2 Å². The molecule has 1 aromatic carbocycles. The lowest BCUT2D eigenvalue weighted by Gasteiger charge is -2.18. The van der Waals surface area contributed by atoms with Crippen LogP contribution in [0.4, 0.5) is 0 Å². The molecule has 0 radical (unpaired) electrons. The highest BCUT2D eigenvalue weighted by molar-refractivity contribution is 5.93. The Morgan fingerprint density at radius 1 is 1.48 bits per heavy atom. The van der Waals surface area contributed by atoms with Crippen molar-refractivity contribution in [1.82, 2.24) is 10.4 Å². The maximum atomic E-state index is 11.9. The van der Waals surface area contributed by atoms with Crippen LogP contribution in [0.25, 0.3) is 6.08 Å². The van der Waals surface area contributed by atoms with Crippen LogP contribution >= 0.6 is 0 Å². The van der Waals surface area contributed by atoms with Gasteiger partial charge in [0.25, 0.3) is 11.6 Å². The average Bonchev–Trinajstić information content (AvgIpc) is 2.68. The van der Waals surface area contributed by atoms with Gasteiger partial charge in [0.15, 0.2) is 18.1 Å². The van der Waals surface area contributed by atoms with Crippen molar-refractivity contribution in [3.63, 3.8) is 0 Å². The summed E-state index contributed by atoms with van der Waals surface area (Å²) in [6.07, 6.45) is 4.36. The van der Waals surface area contributed by atoms with Crippen molar-refractivity contribution in [3.05, 3.63) is 69.2 Å². The highest BCUT2D eigenvalue weighted by atomic mass is 16.6. The summed E-state index contributed by atoms with van der Waals surface area (Å²) in [7, 11) is 0. The number of carbonyl (C=O) groups excluding carboxylic acids is 1. The topological polar surface area (TPSA) is 116 Å². The van der Waals surface area contributed by atoms with Crippen molar-refractivity contribution in [2.45, 2.75) is 6.92 Å². The molecule has 9 heteroatoms. The Kier molecular flexibility index (Phi) is 5.41. The minimum absolute atomic E-state index is 0.0532. The Labute approximate surface area is 154 Å². The summed E-state index contributed by atoms with van der Waals surface area (Å²) < 4.78 is 11.0. The number of nitro groups is 1. The third-order valence-corrected chi connectivity index (χ3v) is 3.60. The zero-order valence-electron chi connectivity index (χ0n) is 14.4. The summed E-state index contributed by atoms with van der Waals surface area (Å²) in [5.74, 6) is 0.442. The number of fused-ring (bicyclic) bond motifs is 1. The van der Waals surface area contributed by atoms with Crippen molar-refractivity contribution in [1.29, 1.82) is 0 Å². The first-order valence-electron chi connectivity index (χ1n) is 8.11. The summed E-state index contributed by atoms with van der Waals surface area (Å²) in [5.41, 5.74) is 3.66. The lowest BCUT2D eigenvalue weighted by molar-refractivity contribution is -0.427. The van der Waals surface area contributed by atoms with Crippen molar-refractivity contribution in [2.24, 2.45) is 5.10 Å². The summed E-state index contributed by atoms with van der Waals surface area (Å²) in [6, 6.07) is 8.32. The molecular weight excluding hydrogens is 352 g/mol. The van der Waals surface area contributed by atoms with Crippen LogP contribution in [-0.2, 0) is 0 Å². The fourth-order valence-electron chi connectivity index (χ4n) is 2.44. The van der Waals surface area contributed by atoms with Gasteiger partial charge in [0.1, 0.15) is 5.69 Å². The molecule has 0 fully saturated rings. The van der Waals surface area contributed by atoms with Crippen LogP contribution in [-0.4, -0.2) is 35.2 Å². The first-order chi connectivity index (χ1) is 13.1. The van der Waals surface area contributed by atoms with Gasteiger partial charge in [-0.3, -0.25) is 19.9 Å². The number of amides is 1. The average molecular weight is 368 g/mol. The van der Waals surface area contributed by atoms with E-state index < -0.39 is 10.8 Å². The van der Waals surface area contributed by atoms with E-state index in [-0.39, 0.29) is 18.0 Å². The van der Waals surface area contributed by atoms with Crippen molar-refractivity contribution in [2.75, 3.05) is 13.2 Å². The van der Waals surface area contributed by atoms with Crippen LogP contribution in [0.5, 0.6) is 11.5 Å². The minimum atomic E-state index is -0.489. The zero-order valence-corrected chi connectivity index (χ0v) is 14.4. The Morgan fingerprint density at radius 2 is 2.33 bits per heavy atom. The largest absolute Gasteiger partial charge is 0.490 e. The van der Waals surface area contributed by atoms with Gasteiger partial charge >= 0.3 is 0 Å². The molecule has 0 saturated carbocycles. The predicted octanol–water partition coefficient (Wildman–Crippen LogP) is 2.25. The van der Waals surface area contributed by atoms with E-state index in [2.05, 4.69) is 15.5 Å². The number of nitrogens with zero attached hydrogens (tertiary/aromatic N) is 3. The highest BCUT2D eigenvalue weighted by Crippen LogP contribution is 2.37. The second-order valence-electron chi connectivity index (χ2n) is 5.47. The zero-order chi connectivity index (χ0) is 19.2. The normalized spacial score (nSPS) is 12.7. The van der Waals surface area contributed by atoms with E-state index in [1.54, 1.807) is 30.3 Å². The number of benzene rings is 1. The fraction of sp³-hybridized carbons (Fsp3) is 0.167. The Hall–Kier alpha value is -3.75. The molecule has 1 aliphatic rings. The number of ether oxygens (including phenoxy) is 2. The first-order valence-corrected chi connectivity index (χ1v) is 8.11. The number of aromatic nitrogens is 1. The summed E-state index contributed by atoms with van der Waals surface area (Å²) >= 11 is 0. The van der Waals surface area contributed by atoms with E-state index in [1.165, 1.54) is 18.5 Å². The van der Waals surface area contributed by atoms with E-state index in [0.29, 0.717) is 29.2 Å². The van der Waals surface area contributed by atoms with Gasteiger partial charge in [-0.2, -0.15) is 5.10 Å². The third kappa shape index (κ3) is 4.27. The molecule has 1 amide bonds. The molecule has 9 nitrogen and oxygen atoms in total. The van der Waals surface area contributed by atoms with Crippen LogP contribution in [0, 0.1) is 10.1 Å². The van der Waals surface area contributed by atoms with Gasteiger partial charge < -0.3 is 9.47 Å². The number of carbonyl (C=O) groups is 1. The van der Waals surface area contributed by atoms with Crippen LogP contribution in [0.3, 0.4) is 0 Å². The molecule has 2 aromatic rings. The van der Waals surface area contributed by atoms with Crippen molar-refractivity contribution < 1.29 is 19.2 Å². The van der Waals surface area contributed by atoms with Gasteiger partial charge in [0.05, 0.1) is 17.7 Å². The number of rotatable bonds is 6. The monoisotopic (exact) mass is 368 g/mol. The molecule has 0 atom stereocenters. The molecule has 138 valence electrons. The molecule has 27 heavy (non-hydrogen) atoms. The number of hydrogen-bond donors (Lipinski definition) is 1. The quantitative estimate of drug-likeness (QED) is 0.475. The fourth-order valence-corrected chi connectivity index (χ4v) is 2.44. The van der Waals surface area contributed by atoms with E-state index in [1.807, 2.05) is 6.92 Å². The molecule has 0 bridgehead atoms. The maximum absolute atomic E-state index is 11.9. The lowest BCUT2D eigenvalue weighted by Crippen LogP contribution is -2.18. The smallest absolute Gasteiger partial charge is 0.289 e. The number of hydrogen-bond acceptors (Lipinski definition) is 7. The van der Waals surface area contributed by atoms with Crippen LogP contribution in [0.15, 0.2) is 47.3 Å². The molecular formula is C18H16N4O5. The van der Waals surface area contributed by atoms with Gasteiger partial charge in [0.2, 0.25) is 0 Å². The standard InChI is InChI=1S/C18H16N4O5/c1-2-26-16-8-12(7-13-9-14(22(24)25)11-27-17(13)16)10-20-21-18(23)15-5-3-4-6-19-15/h3-10H,2,11H2,1H3,(H,21,23)/b20-10+. The molecule has 1 aromatic heterocycles. The Morgan fingerprint density at radius 3 is 3.04 bits per heavy atom. The Balaban J connectivity index is 1.83. The minimum Gasteiger partial charge on any atom is -0.490 e. The second kappa shape index (κ2) is 8.09. The van der Waals surface area contributed by atoms with E-state index in [9.17, 15) is 14.9 Å². The molecule has 0 saturated heterocycles. The molecule has 0 unspecified atom stereocenters. The molecule has 1 aliphatic heterocycles. The SMILES string of the molecule is CCOc1cc(/C=N/NC(=O)c2ccccn2)cc2c1OCC([N+](=O)[O-])=C2. The van der Waals surface area contributed by atoms with Gasteiger partial charge in [0, 0.05) is 17.8 Å². The van der Waals surface area contributed by atoms with Gasteiger partial charge in [-0.25, -0.2) is 5.43 Å². The maximum Gasteiger partial charge on any atom is 0.289 e. The summed E-state index contributed by atoms with van der Waals surface area (Å²) in [6.45, 7) is 2.09. The van der Waals surface area contributed by atoms with Gasteiger partial charge in [-0.1, -0.05) is 6.07 Å². The van der Waals surface area contributed by atoms with Crippen LogP contribution in [0.1, 0.15) is 28.5 Å². The number of pyridine rings is 1. The third-order valence-electron chi connectivity index (χ3n) is 3.60. The van der Waals surface area contributed by atoms with Crippen LogP contribution in [0.2, 0.25) is 0 Å². The molecule has 0 spiro atoms. The molecule has 3 rings (SSSR count). The summed E-state index contributed by atoms with van der Waals surface area (Å²) in [4.78, 5) is 26.4. The molecule has 0 aliphatic carbocycles. The van der Waals surface area contributed by atoms with E-state index in [0.717, 1.165) is 0 Å².